The van der Waals surface area contributed by atoms with E-state index in [9.17, 15) is 0 Å². The molecule has 1 aromatic rings. The predicted molar refractivity (Wildman–Crippen MR) is 71.8 cm³/mol. The highest BCUT2D eigenvalue weighted by Crippen LogP contribution is 2.28. The van der Waals surface area contributed by atoms with Crippen LogP contribution in [0.3, 0.4) is 0 Å². The van der Waals surface area contributed by atoms with Crippen LogP contribution < -0.4 is 5.32 Å². The molecule has 2 atom stereocenters. The lowest BCUT2D eigenvalue weighted by Gasteiger charge is -2.35. The van der Waals surface area contributed by atoms with Crippen LogP contribution >= 0.6 is 0 Å². The van der Waals surface area contributed by atoms with E-state index in [-0.39, 0.29) is 0 Å². The van der Waals surface area contributed by atoms with E-state index in [1.54, 1.807) is 0 Å². The highest BCUT2D eigenvalue weighted by molar-refractivity contribution is 5.09. The molecule has 17 heavy (non-hydrogen) atoms. The fourth-order valence-electron chi connectivity index (χ4n) is 3.00. The maximum atomic E-state index is 4.55. The van der Waals surface area contributed by atoms with Gasteiger partial charge in [0.25, 0.3) is 0 Å². The average Bonchev–Trinajstić information content (AvgIpc) is 2.28. The minimum atomic E-state index is 0.658. The second-order valence-electron chi connectivity index (χ2n) is 5.56. The van der Waals surface area contributed by atoms with Gasteiger partial charge in [-0.25, -0.2) is 0 Å². The second-order valence-corrected chi connectivity index (χ2v) is 5.56. The third kappa shape index (κ3) is 3.29. The molecular weight excluding hydrogens is 208 g/mol. The van der Waals surface area contributed by atoms with E-state index in [4.69, 9.17) is 0 Å². The molecule has 1 aliphatic carbocycles. The molecule has 1 heterocycles. The lowest BCUT2D eigenvalue weighted by atomic mass is 9.79. The quantitative estimate of drug-likeness (QED) is 0.865. The number of hydrogen-bond acceptors (Lipinski definition) is 2. The van der Waals surface area contributed by atoms with Crippen LogP contribution in [0.25, 0.3) is 0 Å². The zero-order valence-electron chi connectivity index (χ0n) is 11.2. The molecule has 1 saturated carbocycles. The van der Waals surface area contributed by atoms with Crippen molar-refractivity contribution in [3.05, 3.63) is 29.6 Å². The summed E-state index contributed by atoms with van der Waals surface area (Å²) in [6.07, 6.45) is 4.12. The fraction of sp³-hybridized carbons (Fsp3) is 0.667. The van der Waals surface area contributed by atoms with Gasteiger partial charge in [-0.05, 0) is 43.7 Å². The Kier molecular flexibility index (Phi) is 4.16. The van der Waals surface area contributed by atoms with Gasteiger partial charge in [-0.15, -0.1) is 0 Å². The molecule has 2 rings (SSSR count). The molecule has 94 valence electrons. The van der Waals surface area contributed by atoms with Gasteiger partial charge in [0, 0.05) is 18.3 Å². The van der Waals surface area contributed by atoms with Crippen molar-refractivity contribution in [2.75, 3.05) is 0 Å². The van der Waals surface area contributed by atoms with Crippen molar-refractivity contribution in [3.63, 3.8) is 0 Å². The molecule has 1 fully saturated rings. The lowest BCUT2D eigenvalue weighted by Crippen LogP contribution is -2.42. The Hall–Kier alpha value is -0.890. The van der Waals surface area contributed by atoms with Gasteiger partial charge in [-0.2, -0.15) is 0 Å². The number of aromatic nitrogens is 1. The van der Waals surface area contributed by atoms with Crippen LogP contribution in [0.2, 0.25) is 0 Å². The van der Waals surface area contributed by atoms with Crippen LogP contribution in [-0.2, 0) is 6.54 Å². The number of nitrogens with one attached hydrogen (secondary N) is 1. The van der Waals surface area contributed by atoms with Gasteiger partial charge in [0.05, 0.1) is 5.69 Å². The average molecular weight is 232 g/mol. The number of nitrogens with zero attached hydrogens (tertiary/aromatic N) is 1. The Morgan fingerprint density at radius 3 is 2.59 bits per heavy atom. The zero-order valence-corrected chi connectivity index (χ0v) is 11.2. The van der Waals surface area contributed by atoms with Crippen LogP contribution in [-0.4, -0.2) is 11.0 Å². The van der Waals surface area contributed by atoms with Crippen molar-refractivity contribution in [2.45, 2.75) is 52.6 Å². The summed E-state index contributed by atoms with van der Waals surface area (Å²) in [5.74, 6) is 1.59. The first-order valence-electron chi connectivity index (χ1n) is 6.82. The normalized spacial score (nSPS) is 29.2. The monoisotopic (exact) mass is 232 g/mol. The van der Waals surface area contributed by atoms with E-state index in [2.05, 4.69) is 49.3 Å². The third-order valence-electron chi connectivity index (χ3n) is 4.01. The van der Waals surface area contributed by atoms with Crippen molar-refractivity contribution in [1.82, 2.24) is 10.3 Å². The molecule has 0 aliphatic heterocycles. The maximum Gasteiger partial charge on any atom is 0.0544 e. The fourth-order valence-corrected chi connectivity index (χ4v) is 3.00. The van der Waals surface area contributed by atoms with E-state index >= 15 is 0 Å². The Morgan fingerprint density at radius 1 is 1.24 bits per heavy atom. The van der Waals surface area contributed by atoms with Crippen LogP contribution in [0, 0.1) is 18.8 Å². The molecular formula is C15H24N2. The SMILES string of the molecule is Cc1cccc(CNC2C(C)CCCC2C)n1. The predicted octanol–water partition coefficient (Wildman–Crippen LogP) is 3.30. The van der Waals surface area contributed by atoms with Crippen LogP contribution in [0.15, 0.2) is 18.2 Å². The molecule has 0 amide bonds. The number of hydrogen-bond donors (Lipinski definition) is 1. The highest BCUT2D eigenvalue weighted by atomic mass is 14.9. The first-order valence-corrected chi connectivity index (χ1v) is 6.82. The van der Waals surface area contributed by atoms with Crippen LogP contribution in [0.5, 0.6) is 0 Å². The van der Waals surface area contributed by atoms with Gasteiger partial charge in [0.1, 0.15) is 0 Å². The summed E-state index contributed by atoms with van der Waals surface area (Å²) in [7, 11) is 0. The number of aryl methyl sites for hydroxylation is 1. The molecule has 0 bridgehead atoms. The number of rotatable bonds is 3. The van der Waals surface area contributed by atoms with E-state index in [1.165, 1.54) is 19.3 Å². The van der Waals surface area contributed by atoms with Gasteiger partial charge in [-0.3, -0.25) is 4.98 Å². The van der Waals surface area contributed by atoms with E-state index < -0.39 is 0 Å². The topological polar surface area (TPSA) is 24.9 Å². The summed E-state index contributed by atoms with van der Waals surface area (Å²) in [5.41, 5.74) is 2.27. The molecule has 0 aromatic carbocycles. The zero-order chi connectivity index (χ0) is 12.3. The standard InChI is InChI=1S/C15H24N2/c1-11-6-4-7-12(2)15(11)16-10-14-9-5-8-13(3)17-14/h5,8-9,11-12,15-16H,4,6-7,10H2,1-3H3. The smallest absolute Gasteiger partial charge is 0.0544 e. The summed E-state index contributed by atoms with van der Waals surface area (Å²) >= 11 is 0. The van der Waals surface area contributed by atoms with Crippen molar-refractivity contribution in [3.8, 4) is 0 Å². The van der Waals surface area contributed by atoms with Crippen molar-refractivity contribution in [1.29, 1.82) is 0 Å². The Morgan fingerprint density at radius 2 is 1.94 bits per heavy atom. The highest BCUT2D eigenvalue weighted by Gasteiger charge is 2.26. The lowest BCUT2D eigenvalue weighted by molar-refractivity contribution is 0.207. The Labute approximate surface area is 105 Å². The Bertz CT molecular complexity index is 352. The molecule has 0 spiro atoms. The van der Waals surface area contributed by atoms with Crippen molar-refractivity contribution < 1.29 is 0 Å². The number of pyridine rings is 1. The first-order chi connectivity index (χ1) is 8.16. The minimum Gasteiger partial charge on any atom is -0.308 e. The maximum absolute atomic E-state index is 4.55. The van der Waals surface area contributed by atoms with Crippen LogP contribution in [0.1, 0.15) is 44.5 Å². The summed E-state index contributed by atoms with van der Waals surface area (Å²) in [6, 6.07) is 6.91. The molecule has 1 aliphatic rings. The van der Waals surface area contributed by atoms with Crippen molar-refractivity contribution in [2.24, 2.45) is 11.8 Å². The van der Waals surface area contributed by atoms with E-state index in [0.29, 0.717) is 6.04 Å². The largest absolute Gasteiger partial charge is 0.308 e. The third-order valence-corrected chi connectivity index (χ3v) is 4.01. The van der Waals surface area contributed by atoms with E-state index in [0.717, 1.165) is 29.8 Å². The molecule has 0 saturated heterocycles. The molecule has 2 heteroatoms. The first kappa shape index (κ1) is 12.6. The van der Waals surface area contributed by atoms with Gasteiger partial charge in [0.2, 0.25) is 0 Å². The molecule has 2 nitrogen and oxygen atoms in total. The van der Waals surface area contributed by atoms with Crippen LogP contribution in [0.4, 0.5) is 0 Å². The van der Waals surface area contributed by atoms with Gasteiger partial charge < -0.3 is 5.32 Å². The van der Waals surface area contributed by atoms with Gasteiger partial charge in [0.15, 0.2) is 0 Å². The summed E-state index contributed by atoms with van der Waals surface area (Å²) in [5, 5.41) is 3.70. The second kappa shape index (κ2) is 5.63. The summed E-state index contributed by atoms with van der Waals surface area (Å²) < 4.78 is 0. The molecule has 1 N–H and O–H groups in total. The van der Waals surface area contributed by atoms with E-state index in [1.807, 2.05) is 0 Å². The van der Waals surface area contributed by atoms with Gasteiger partial charge >= 0.3 is 0 Å². The molecule has 0 radical (unpaired) electrons. The van der Waals surface area contributed by atoms with Gasteiger partial charge in [-0.1, -0.05) is 26.3 Å². The summed E-state index contributed by atoms with van der Waals surface area (Å²) in [6.45, 7) is 7.70. The minimum absolute atomic E-state index is 0.658. The van der Waals surface area contributed by atoms with Crippen molar-refractivity contribution >= 4 is 0 Å². The Balaban J connectivity index is 1.92. The molecule has 2 unspecified atom stereocenters. The summed E-state index contributed by atoms with van der Waals surface area (Å²) in [4.78, 5) is 4.55. The molecule has 1 aromatic heterocycles.